The number of benzene rings is 1. The Morgan fingerprint density at radius 1 is 1.32 bits per heavy atom. The molecule has 0 aliphatic heterocycles. The maximum Gasteiger partial charge on any atom is 0.306 e. The number of amides is 1. The fourth-order valence-corrected chi connectivity index (χ4v) is 3.23. The van der Waals surface area contributed by atoms with Crippen molar-refractivity contribution in [2.45, 2.75) is 38.1 Å². The van der Waals surface area contributed by atoms with E-state index in [9.17, 15) is 9.59 Å². The zero-order valence-electron chi connectivity index (χ0n) is 12.5. The standard InChI is InChI=1S/C16H20BrNO4/c1-22-14-7-4-12(17)8-11(14)9-15(19)18-13-5-2-10(3-6-13)16(20)21/h4,7-8,10,13H,2-3,5-6,9H2,1H3,(H,18,19)(H,20,21). The number of carboxylic acid groups (broad SMARTS) is 1. The van der Waals surface area contributed by atoms with Crippen molar-refractivity contribution in [3.8, 4) is 5.75 Å². The van der Waals surface area contributed by atoms with Gasteiger partial charge in [0, 0.05) is 16.1 Å². The molecular weight excluding hydrogens is 350 g/mol. The van der Waals surface area contributed by atoms with Crippen LogP contribution in [-0.4, -0.2) is 30.1 Å². The van der Waals surface area contributed by atoms with E-state index in [2.05, 4.69) is 21.2 Å². The minimum absolute atomic E-state index is 0.0600. The van der Waals surface area contributed by atoms with Crippen molar-refractivity contribution in [2.24, 2.45) is 5.92 Å². The Bertz CT molecular complexity index is 553. The zero-order chi connectivity index (χ0) is 16.1. The van der Waals surface area contributed by atoms with Gasteiger partial charge >= 0.3 is 5.97 Å². The topological polar surface area (TPSA) is 75.6 Å². The molecule has 22 heavy (non-hydrogen) atoms. The molecule has 0 aromatic heterocycles. The van der Waals surface area contributed by atoms with Crippen LogP contribution in [0.15, 0.2) is 22.7 Å². The molecule has 0 unspecified atom stereocenters. The van der Waals surface area contributed by atoms with E-state index in [0.29, 0.717) is 18.6 Å². The van der Waals surface area contributed by atoms with Crippen molar-refractivity contribution >= 4 is 27.8 Å². The lowest BCUT2D eigenvalue weighted by molar-refractivity contribution is -0.142. The number of hydrogen-bond donors (Lipinski definition) is 2. The van der Waals surface area contributed by atoms with Crippen molar-refractivity contribution in [1.29, 1.82) is 0 Å². The number of carbonyl (C=O) groups is 2. The van der Waals surface area contributed by atoms with E-state index in [1.807, 2.05) is 18.2 Å². The van der Waals surface area contributed by atoms with Crippen LogP contribution in [0.4, 0.5) is 0 Å². The first-order valence-corrected chi connectivity index (χ1v) is 8.13. The summed E-state index contributed by atoms with van der Waals surface area (Å²) < 4.78 is 6.17. The summed E-state index contributed by atoms with van der Waals surface area (Å²) in [7, 11) is 1.58. The number of halogens is 1. The predicted octanol–water partition coefficient (Wildman–Crippen LogP) is 2.76. The van der Waals surface area contributed by atoms with Gasteiger partial charge in [-0.25, -0.2) is 0 Å². The van der Waals surface area contributed by atoms with Crippen molar-refractivity contribution in [2.75, 3.05) is 7.11 Å². The SMILES string of the molecule is COc1ccc(Br)cc1CC(=O)NC1CCC(C(=O)O)CC1. The Balaban J connectivity index is 1.89. The van der Waals surface area contributed by atoms with Gasteiger partial charge in [-0.1, -0.05) is 15.9 Å². The molecule has 2 rings (SSSR count). The van der Waals surface area contributed by atoms with Crippen LogP contribution in [0.3, 0.4) is 0 Å². The number of carbonyl (C=O) groups excluding carboxylic acids is 1. The average Bonchev–Trinajstić information content (AvgIpc) is 2.48. The van der Waals surface area contributed by atoms with Crippen LogP contribution in [0.1, 0.15) is 31.2 Å². The number of ether oxygens (including phenoxy) is 1. The van der Waals surface area contributed by atoms with Crippen molar-refractivity contribution in [3.63, 3.8) is 0 Å². The van der Waals surface area contributed by atoms with Gasteiger partial charge in [-0.3, -0.25) is 9.59 Å². The molecule has 0 bridgehead atoms. The van der Waals surface area contributed by atoms with Crippen molar-refractivity contribution in [1.82, 2.24) is 5.32 Å². The Morgan fingerprint density at radius 3 is 2.59 bits per heavy atom. The van der Waals surface area contributed by atoms with E-state index in [1.165, 1.54) is 0 Å². The van der Waals surface area contributed by atoms with E-state index in [1.54, 1.807) is 7.11 Å². The smallest absolute Gasteiger partial charge is 0.306 e. The normalized spacial score (nSPS) is 21.2. The maximum atomic E-state index is 12.2. The first-order chi connectivity index (χ1) is 10.5. The first-order valence-electron chi connectivity index (χ1n) is 7.34. The van der Waals surface area contributed by atoms with Crippen molar-refractivity contribution < 1.29 is 19.4 Å². The van der Waals surface area contributed by atoms with Gasteiger partial charge in [-0.05, 0) is 43.9 Å². The summed E-state index contributed by atoms with van der Waals surface area (Å²) >= 11 is 3.39. The minimum Gasteiger partial charge on any atom is -0.496 e. The highest BCUT2D eigenvalue weighted by Gasteiger charge is 2.26. The largest absolute Gasteiger partial charge is 0.496 e. The van der Waals surface area contributed by atoms with Gasteiger partial charge in [0.25, 0.3) is 0 Å². The molecule has 1 saturated carbocycles. The van der Waals surface area contributed by atoms with Gasteiger partial charge < -0.3 is 15.2 Å². The molecule has 120 valence electrons. The van der Waals surface area contributed by atoms with E-state index < -0.39 is 5.97 Å². The summed E-state index contributed by atoms with van der Waals surface area (Å²) in [6.45, 7) is 0. The van der Waals surface area contributed by atoms with Crippen LogP contribution in [0.5, 0.6) is 5.75 Å². The molecule has 6 heteroatoms. The van der Waals surface area contributed by atoms with Crippen LogP contribution in [0.25, 0.3) is 0 Å². The Morgan fingerprint density at radius 2 is 2.00 bits per heavy atom. The Hall–Kier alpha value is -1.56. The number of hydrogen-bond acceptors (Lipinski definition) is 3. The lowest BCUT2D eigenvalue weighted by atomic mass is 9.86. The lowest BCUT2D eigenvalue weighted by Crippen LogP contribution is -2.39. The molecule has 0 atom stereocenters. The predicted molar refractivity (Wildman–Crippen MR) is 85.9 cm³/mol. The monoisotopic (exact) mass is 369 g/mol. The molecule has 1 aromatic rings. The second-order valence-corrected chi connectivity index (χ2v) is 6.50. The highest BCUT2D eigenvalue weighted by Crippen LogP contribution is 2.26. The third kappa shape index (κ3) is 4.47. The third-order valence-corrected chi connectivity index (χ3v) is 4.53. The Labute approximate surface area is 138 Å². The zero-order valence-corrected chi connectivity index (χ0v) is 14.1. The second kappa shape index (κ2) is 7.63. The van der Waals surface area contributed by atoms with Gasteiger partial charge in [-0.2, -0.15) is 0 Å². The van der Waals surface area contributed by atoms with E-state index in [0.717, 1.165) is 22.9 Å². The van der Waals surface area contributed by atoms with Crippen LogP contribution >= 0.6 is 15.9 Å². The van der Waals surface area contributed by atoms with Gasteiger partial charge in [0.15, 0.2) is 0 Å². The van der Waals surface area contributed by atoms with Crippen LogP contribution < -0.4 is 10.1 Å². The van der Waals surface area contributed by atoms with E-state index >= 15 is 0 Å². The average molecular weight is 370 g/mol. The highest BCUT2D eigenvalue weighted by molar-refractivity contribution is 9.10. The molecule has 1 aliphatic rings. The number of rotatable bonds is 5. The molecule has 5 nitrogen and oxygen atoms in total. The molecule has 1 aromatic carbocycles. The summed E-state index contributed by atoms with van der Waals surface area (Å²) in [6, 6.07) is 5.64. The van der Waals surface area contributed by atoms with Gasteiger partial charge in [0.2, 0.25) is 5.91 Å². The second-order valence-electron chi connectivity index (χ2n) is 5.59. The molecule has 1 fully saturated rings. The minimum atomic E-state index is -0.733. The molecule has 0 saturated heterocycles. The fourth-order valence-electron chi connectivity index (χ4n) is 2.82. The van der Waals surface area contributed by atoms with Gasteiger partial charge in [0.05, 0.1) is 19.4 Å². The lowest BCUT2D eigenvalue weighted by Gasteiger charge is -2.26. The fraction of sp³-hybridized carbons (Fsp3) is 0.500. The molecule has 0 heterocycles. The summed E-state index contributed by atoms with van der Waals surface area (Å²) in [5.41, 5.74) is 0.827. The van der Waals surface area contributed by atoms with E-state index in [4.69, 9.17) is 9.84 Å². The van der Waals surface area contributed by atoms with Crippen molar-refractivity contribution in [3.05, 3.63) is 28.2 Å². The summed E-state index contributed by atoms with van der Waals surface area (Å²) in [6.07, 6.45) is 2.94. The summed E-state index contributed by atoms with van der Waals surface area (Å²) in [5.74, 6) is -0.370. The maximum absolute atomic E-state index is 12.2. The van der Waals surface area contributed by atoms with Gasteiger partial charge in [0.1, 0.15) is 5.75 Å². The molecule has 2 N–H and O–H groups in total. The molecule has 1 amide bonds. The Kier molecular flexibility index (Phi) is 5.83. The number of nitrogens with one attached hydrogen (secondary N) is 1. The number of carboxylic acids is 1. The van der Waals surface area contributed by atoms with E-state index in [-0.39, 0.29) is 24.3 Å². The quantitative estimate of drug-likeness (QED) is 0.836. The third-order valence-electron chi connectivity index (χ3n) is 4.03. The number of methoxy groups -OCH3 is 1. The summed E-state index contributed by atoms with van der Waals surface area (Å²) in [5, 5.41) is 12.0. The molecule has 1 aliphatic carbocycles. The first kappa shape index (κ1) is 16.8. The number of aliphatic carboxylic acids is 1. The summed E-state index contributed by atoms with van der Waals surface area (Å²) in [4.78, 5) is 23.1. The van der Waals surface area contributed by atoms with Crippen LogP contribution in [-0.2, 0) is 16.0 Å². The molecule has 0 radical (unpaired) electrons. The van der Waals surface area contributed by atoms with Crippen LogP contribution in [0.2, 0.25) is 0 Å². The molecular formula is C16H20BrNO4. The highest BCUT2D eigenvalue weighted by atomic mass is 79.9. The molecule has 0 spiro atoms. The van der Waals surface area contributed by atoms with Crippen LogP contribution in [0, 0.1) is 5.92 Å². The van der Waals surface area contributed by atoms with Gasteiger partial charge in [-0.15, -0.1) is 0 Å².